The molecule has 0 fully saturated rings. The summed E-state index contributed by atoms with van der Waals surface area (Å²) in [7, 11) is 0. The molecule has 1 aliphatic heterocycles. The van der Waals surface area contributed by atoms with E-state index in [-0.39, 0.29) is 28.1 Å². The van der Waals surface area contributed by atoms with Gasteiger partial charge < -0.3 is 9.94 Å². The van der Waals surface area contributed by atoms with Crippen molar-refractivity contribution in [2.45, 2.75) is 6.18 Å². The van der Waals surface area contributed by atoms with Crippen LogP contribution in [0.3, 0.4) is 0 Å². The maximum atomic E-state index is 12.8. The summed E-state index contributed by atoms with van der Waals surface area (Å²) in [6.45, 7) is 0. The number of carboxylic acid groups (broad SMARTS) is 1. The van der Waals surface area contributed by atoms with E-state index in [1.54, 1.807) is 0 Å². The van der Waals surface area contributed by atoms with E-state index < -0.39 is 17.7 Å². The number of carboxylic acids is 1. The van der Waals surface area contributed by atoms with Crippen LogP contribution in [0.15, 0.2) is 41.4 Å². The molecule has 1 heterocycles. The summed E-state index contributed by atoms with van der Waals surface area (Å²) >= 11 is 0. The van der Waals surface area contributed by atoms with Gasteiger partial charge in [-0.05, 0) is 29.8 Å². The molecule has 0 aliphatic carbocycles. The number of rotatable bonds is 2. The molecule has 3 rings (SSSR count). The van der Waals surface area contributed by atoms with E-state index in [2.05, 4.69) is 10.5 Å². The molecule has 0 spiro atoms. The van der Waals surface area contributed by atoms with Gasteiger partial charge in [-0.15, -0.1) is 0 Å². The van der Waals surface area contributed by atoms with Crippen LogP contribution in [0.4, 0.5) is 18.9 Å². The number of nitrogens with zero attached hydrogens (tertiary/aromatic N) is 1. The van der Waals surface area contributed by atoms with Gasteiger partial charge in [0.2, 0.25) is 0 Å². The summed E-state index contributed by atoms with van der Waals surface area (Å²) < 4.78 is 38.5. The molecule has 0 unspecified atom stereocenters. The van der Waals surface area contributed by atoms with E-state index in [1.165, 1.54) is 30.6 Å². The summed E-state index contributed by atoms with van der Waals surface area (Å²) in [6, 6.07) is 7.05. The largest absolute Gasteiger partial charge is 0.478 e. The lowest BCUT2D eigenvalue weighted by Crippen LogP contribution is -2.19. The van der Waals surface area contributed by atoms with Crippen LogP contribution >= 0.6 is 0 Å². The molecule has 0 saturated heterocycles. The van der Waals surface area contributed by atoms with Crippen molar-refractivity contribution < 1.29 is 27.9 Å². The quantitative estimate of drug-likeness (QED) is 0.886. The standard InChI is InChI=1S/C15H9F3N2O3/c16-15(17,18)9-3-1-2-8(4-9)10-6-13-12(19-7-20-23-13)5-11(10)14(21)22/h1-7H,(H,19,20)(H,21,22). The summed E-state index contributed by atoms with van der Waals surface area (Å²) in [6.07, 6.45) is -3.28. The van der Waals surface area contributed by atoms with Crippen LogP contribution in [0.25, 0.3) is 11.1 Å². The zero-order chi connectivity index (χ0) is 16.6. The third-order valence-electron chi connectivity index (χ3n) is 3.26. The Morgan fingerprint density at radius 1 is 1.22 bits per heavy atom. The van der Waals surface area contributed by atoms with Gasteiger partial charge in [0.05, 0.1) is 11.1 Å². The first-order valence-corrected chi connectivity index (χ1v) is 6.40. The Labute approximate surface area is 128 Å². The minimum Gasteiger partial charge on any atom is -0.478 e. The number of nitrogens with one attached hydrogen (secondary N) is 1. The Bertz CT molecular complexity index is 816. The highest BCUT2D eigenvalue weighted by atomic mass is 19.4. The highest BCUT2D eigenvalue weighted by molar-refractivity contribution is 5.98. The zero-order valence-corrected chi connectivity index (χ0v) is 11.4. The maximum Gasteiger partial charge on any atom is 0.416 e. The van der Waals surface area contributed by atoms with Crippen molar-refractivity contribution in [3.8, 4) is 16.9 Å². The number of hydrogen-bond acceptors (Lipinski definition) is 4. The number of carbonyl (C=O) groups is 1. The number of aliphatic imine (C=N–C) groups is 1. The molecular formula is C15H9F3N2O3. The van der Waals surface area contributed by atoms with Crippen molar-refractivity contribution in [2.75, 3.05) is 0 Å². The topological polar surface area (TPSA) is 70.9 Å². The highest BCUT2D eigenvalue weighted by Gasteiger charge is 2.31. The average molecular weight is 322 g/mol. The minimum absolute atomic E-state index is 0.112. The molecule has 8 heteroatoms. The highest BCUT2D eigenvalue weighted by Crippen LogP contribution is 2.38. The molecule has 0 bridgehead atoms. The minimum atomic E-state index is -4.52. The zero-order valence-electron chi connectivity index (χ0n) is 11.4. The van der Waals surface area contributed by atoms with E-state index in [9.17, 15) is 23.1 Å². The summed E-state index contributed by atoms with van der Waals surface area (Å²) in [5.41, 5.74) is 1.87. The fourth-order valence-electron chi connectivity index (χ4n) is 2.22. The van der Waals surface area contributed by atoms with Crippen LogP contribution in [0.2, 0.25) is 0 Å². The second kappa shape index (κ2) is 5.31. The number of alkyl halides is 3. The predicted octanol–water partition coefficient (Wildman–Crippen LogP) is 3.63. The molecule has 118 valence electrons. The molecule has 0 saturated carbocycles. The van der Waals surface area contributed by atoms with Crippen LogP contribution in [0.1, 0.15) is 15.9 Å². The summed E-state index contributed by atoms with van der Waals surface area (Å²) in [5.74, 6) is -1.04. The van der Waals surface area contributed by atoms with Crippen LogP contribution in [-0.4, -0.2) is 17.4 Å². The molecule has 5 nitrogen and oxygen atoms in total. The molecule has 2 aromatic carbocycles. The molecule has 1 aliphatic rings. The Morgan fingerprint density at radius 3 is 2.70 bits per heavy atom. The van der Waals surface area contributed by atoms with Crippen LogP contribution in [0.5, 0.6) is 5.75 Å². The molecule has 23 heavy (non-hydrogen) atoms. The van der Waals surface area contributed by atoms with Gasteiger partial charge in [-0.2, -0.15) is 13.2 Å². The predicted molar refractivity (Wildman–Crippen MR) is 75.8 cm³/mol. The Hall–Kier alpha value is -3.03. The number of hydroxylamine groups is 1. The van der Waals surface area contributed by atoms with E-state index in [1.807, 2.05) is 0 Å². The lowest BCUT2D eigenvalue weighted by Gasteiger charge is -2.16. The third kappa shape index (κ3) is 2.83. The molecule has 0 atom stereocenters. The second-order valence-corrected chi connectivity index (χ2v) is 4.73. The van der Waals surface area contributed by atoms with Gasteiger partial charge in [-0.1, -0.05) is 12.1 Å². The van der Waals surface area contributed by atoms with E-state index in [0.717, 1.165) is 12.1 Å². The normalized spacial score (nSPS) is 13.0. The maximum absolute atomic E-state index is 12.8. The first-order valence-electron chi connectivity index (χ1n) is 6.40. The SMILES string of the molecule is O=C(O)c1cc2c(cc1-c1cccc(C(F)(F)F)c1)ONC=N2. The molecular weight excluding hydrogens is 313 g/mol. The third-order valence-corrected chi connectivity index (χ3v) is 3.26. The van der Waals surface area contributed by atoms with Crippen molar-refractivity contribution in [1.82, 2.24) is 5.48 Å². The van der Waals surface area contributed by atoms with E-state index in [0.29, 0.717) is 0 Å². The van der Waals surface area contributed by atoms with Gasteiger partial charge in [-0.25, -0.2) is 15.3 Å². The number of benzene rings is 2. The van der Waals surface area contributed by atoms with Crippen molar-refractivity contribution in [3.63, 3.8) is 0 Å². The average Bonchev–Trinajstić information content (AvgIpc) is 2.53. The number of fused-ring (bicyclic) bond motifs is 1. The van der Waals surface area contributed by atoms with Crippen LogP contribution in [-0.2, 0) is 6.18 Å². The molecule has 0 radical (unpaired) electrons. The Kier molecular flexibility index (Phi) is 3.44. The fraction of sp³-hybridized carbons (Fsp3) is 0.0667. The smallest absolute Gasteiger partial charge is 0.416 e. The van der Waals surface area contributed by atoms with Crippen molar-refractivity contribution in [2.24, 2.45) is 4.99 Å². The number of aromatic carboxylic acids is 1. The summed E-state index contributed by atoms with van der Waals surface area (Å²) in [5, 5.41) is 9.33. The van der Waals surface area contributed by atoms with Crippen LogP contribution < -0.4 is 10.3 Å². The Morgan fingerprint density at radius 2 is 2.00 bits per heavy atom. The van der Waals surface area contributed by atoms with Crippen molar-refractivity contribution in [1.29, 1.82) is 0 Å². The van der Waals surface area contributed by atoms with Gasteiger partial charge >= 0.3 is 12.1 Å². The monoisotopic (exact) mass is 322 g/mol. The lowest BCUT2D eigenvalue weighted by atomic mass is 9.97. The summed E-state index contributed by atoms with van der Waals surface area (Å²) in [4.78, 5) is 20.5. The molecule has 0 amide bonds. The first-order chi connectivity index (χ1) is 10.9. The van der Waals surface area contributed by atoms with Gasteiger partial charge in [-0.3, -0.25) is 0 Å². The molecule has 0 aromatic heterocycles. The van der Waals surface area contributed by atoms with E-state index in [4.69, 9.17) is 4.84 Å². The lowest BCUT2D eigenvalue weighted by molar-refractivity contribution is -0.137. The second-order valence-electron chi connectivity index (χ2n) is 4.73. The molecule has 2 N–H and O–H groups in total. The van der Waals surface area contributed by atoms with Gasteiger partial charge in [0.15, 0.2) is 5.75 Å². The number of hydrogen-bond donors (Lipinski definition) is 2. The first kappa shape index (κ1) is 14.9. The van der Waals surface area contributed by atoms with Crippen molar-refractivity contribution in [3.05, 3.63) is 47.5 Å². The Balaban J connectivity index is 2.19. The van der Waals surface area contributed by atoms with E-state index >= 15 is 0 Å². The van der Waals surface area contributed by atoms with Gasteiger partial charge in [0.25, 0.3) is 0 Å². The fourth-order valence-corrected chi connectivity index (χ4v) is 2.22. The van der Waals surface area contributed by atoms with Crippen molar-refractivity contribution >= 4 is 18.0 Å². The number of halogens is 3. The van der Waals surface area contributed by atoms with Gasteiger partial charge in [0.1, 0.15) is 12.0 Å². The van der Waals surface area contributed by atoms with Gasteiger partial charge in [0, 0.05) is 5.56 Å². The molecule has 2 aromatic rings. The van der Waals surface area contributed by atoms with Crippen LogP contribution in [0, 0.1) is 0 Å².